The maximum Gasteiger partial charge on any atom is 0.304 e. The predicted molar refractivity (Wildman–Crippen MR) is 83.4 cm³/mol. The molecule has 0 unspecified atom stereocenters. The van der Waals surface area contributed by atoms with Gasteiger partial charge in [-0.05, 0) is 18.2 Å². The number of hydrogen-bond acceptors (Lipinski definition) is 3. The zero-order valence-electron chi connectivity index (χ0n) is 10.2. The van der Waals surface area contributed by atoms with Gasteiger partial charge in [0.15, 0.2) is 0 Å². The topological polar surface area (TPSA) is 75.3 Å². The summed E-state index contributed by atoms with van der Waals surface area (Å²) < 4.78 is 0. The lowest BCUT2D eigenvalue weighted by molar-refractivity contribution is -0.136. The Morgan fingerprint density at radius 1 is 1.42 bits per heavy atom. The van der Waals surface area contributed by atoms with Gasteiger partial charge in [0, 0.05) is 18.8 Å². The number of nitrogens with one attached hydrogen (secondary N) is 1. The van der Waals surface area contributed by atoms with Crippen LogP contribution in [0.5, 0.6) is 0 Å². The molecular formula is C12H17Cl3N2O2. The van der Waals surface area contributed by atoms with Crippen LogP contribution in [0.3, 0.4) is 0 Å². The summed E-state index contributed by atoms with van der Waals surface area (Å²) in [7, 11) is 0. The van der Waals surface area contributed by atoms with Gasteiger partial charge in [-0.3, -0.25) is 4.79 Å². The highest BCUT2D eigenvalue weighted by Crippen LogP contribution is 2.23. The van der Waals surface area contributed by atoms with Gasteiger partial charge in [0.25, 0.3) is 0 Å². The first-order valence-electron chi connectivity index (χ1n) is 5.21. The quantitative estimate of drug-likeness (QED) is 0.441. The molecule has 108 valence electrons. The van der Waals surface area contributed by atoms with Gasteiger partial charge in [0.1, 0.15) is 0 Å². The molecule has 0 heterocycles. The molecule has 0 radical (unpaired) electrons. The second-order valence-corrected chi connectivity index (χ2v) is 4.12. The second kappa shape index (κ2) is 12.1. The molecule has 19 heavy (non-hydrogen) atoms. The average molecular weight is 328 g/mol. The van der Waals surface area contributed by atoms with Crippen molar-refractivity contribution < 1.29 is 9.90 Å². The first-order valence-corrected chi connectivity index (χ1v) is 5.97. The highest BCUT2D eigenvalue weighted by Gasteiger charge is 1.94. The van der Waals surface area contributed by atoms with Gasteiger partial charge in [0.2, 0.25) is 0 Å². The number of carboxylic acid groups (broad SMARTS) is 1. The van der Waals surface area contributed by atoms with E-state index in [-0.39, 0.29) is 18.8 Å². The van der Waals surface area contributed by atoms with Crippen molar-refractivity contribution in [2.75, 3.05) is 18.8 Å². The van der Waals surface area contributed by atoms with E-state index >= 15 is 0 Å². The summed E-state index contributed by atoms with van der Waals surface area (Å²) in [4.78, 5) is 9.90. The van der Waals surface area contributed by atoms with E-state index in [1.54, 1.807) is 24.3 Å². The first-order chi connectivity index (χ1) is 8.47. The monoisotopic (exact) mass is 326 g/mol. The number of carboxylic acids is 1. The van der Waals surface area contributed by atoms with Crippen LogP contribution < -0.4 is 11.1 Å². The van der Waals surface area contributed by atoms with E-state index in [1.165, 1.54) is 0 Å². The SMILES string of the molecule is C=CCNCCC(=O)O.Cl.Nc1ccc(Cl)c(Cl)c1. The van der Waals surface area contributed by atoms with Crippen LogP contribution in [0.15, 0.2) is 30.9 Å². The molecule has 0 aliphatic heterocycles. The number of carbonyl (C=O) groups is 1. The predicted octanol–water partition coefficient (Wildman–Crippen LogP) is 3.23. The van der Waals surface area contributed by atoms with Gasteiger partial charge < -0.3 is 16.2 Å². The third kappa shape index (κ3) is 11.9. The molecule has 0 aliphatic rings. The van der Waals surface area contributed by atoms with Crippen LogP contribution in [0.4, 0.5) is 5.69 Å². The number of anilines is 1. The molecule has 0 bridgehead atoms. The van der Waals surface area contributed by atoms with Crippen molar-refractivity contribution in [1.29, 1.82) is 0 Å². The Hall–Kier alpha value is -0.940. The Kier molecular flexibility index (Phi) is 13.0. The molecule has 0 amide bonds. The highest BCUT2D eigenvalue weighted by molar-refractivity contribution is 6.42. The normalized spacial score (nSPS) is 8.74. The molecule has 0 saturated heterocycles. The third-order valence-corrected chi connectivity index (χ3v) is 2.49. The molecule has 0 saturated carbocycles. The fraction of sp³-hybridized carbons (Fsp3) is 0.250. The molecule has 7 heteroatoms. The van der Waals surface area contributed by atoms with E-state index in [1.807, 2.05) is 0 Å². The maximum atomic E-state index is 9.90. The Labute approximate surface area is 129 Å². The first kappa shape index (κ1) is 20.4. The van der Waals surface area contributed by atoms with Crippen molar-refractivity contribution in [1.82, 2.24) is 5.32 Å². The lowest BCUT2D eigenvalue weighted by Crippen LogP contribution is -2.17. The van der Waals surface area contributed by atoms with Crippen molar-refractivity contribution >= 4 is 47.3 Å². The molecule has 0 aliphatic carbocycles. The maximum absolute atomic E-state index is 9.90. The minimum absolute atomic E-state index is 0. The summed E-state index contributed by atoms with van der Waals surface area (Å²) in [6.45, 7) is 4.66. The van der Waals surface area contributed by atoms with Crippen LogP contribution in [0.2, 0.25) is 10.0 Å². The van der Waals surface area contributed by atoms with Crippen molar-refractivity contribution in [3.05, 3.63) is 40.9 Å². The molecule has 0 aromatic heterocycles. The minimum Gasteiger partial charge on any atom is -0.481 e. The van der Waals surface area contributed by atoms with Crippen molar-refractivity contribution in [3.63, 3.8) is 0 Å². The number of aliphatic carboxylic acids is 1. The van der Waals surface area contributed by atoms with E-state index in [9.17, 15) is 4.79 Å². The number of hydrogen-bond donors (Lipinski definition) is 3. The summed E-state index contributed by atoms with van der Waals surface area (Å²) in [5.41, 5.74) is 6.01. The Morgan fingerprint density at radius 3 is 2.47 bits per heavy atom. The Balaban J connectivity index is 0. The number of benzene rings is 1. The van der Waals surface area contributed by atoms with Gasteiger partial charge in [0.05, 0.1) is 16.5 Å². The van der Waals surface area contributed by atoms with Gasteiger partial charge in [-0.2, -0.15) is 0 Å². The highest BCUT2D eigenvalue weighted by atomic mass is 35.5. The second-order valence-electron chi connectivity index (χ2n) is 3.31. The smallest absolute Gasteiger partial charge is 0.304 e. The number of halogens is 3. The number of nitrogen functional groups attached to an aromatic ring is 1. The van der Waals surface area contributed by atoms with Gasteiger partial charge >= 0.3 is 5.97 Å². The van der Waals surface area contributed by atoms with Gasteiger partial charge in [-0.1, -0.05) is 29.3 Å². The lowest BCUT2D eigenvalue weighted by Gasteiger charge is -1.95. The largest absolute Gasteiger partial charge is 0.481 e. The lowest BCUT2D eigenvalue weighted by atomic mass is 10.3. The summed E-state index contributed by atoms with van der Waals surface area (Å²) in [5, 5.41) is 12.0. The Bertz CT molecular complexity index is 401. The summed E-state index contributed by atoms with van der Waals surface area (Å²) in [6, 6.07) is 4.98. The Morgan fingerprint density at radius 2 is 2.05 bits per heavy atom. The fourth-order valence-corrected chi connectivity index (χ4v) is 1.22. The van der Waals surface area contributed by atoms with Crippen molar-refractivity contribution in [2.45, 2.75) is 6.42 Å². The standard InChI is InChI=1S/C6H5Cl2N.C6H11NO2.ClH/c7-5-2-1-4(9)3-6(5)8;1-2-4-7-5-3-6(8)9;/h1-3H,9H2;2,7H,1,3-5H2,(H,8,9);1H. The molecule has 0 atom stereocenters. The molecule has 0 spiro atoms. The van der Waals surface area contributed by atoms with Crippen LogP contribution in [-0.2, 0) is 4.79 Å². The average Bonchev–Trinajstić information content (AvgIpc) is 2.31. The number of rotatable bonds is 5. The van der Waals surface area contributed by atoms with Crippen LogP contribution in [0.25, 0.3) is 0 Å². The molecule has 1 aromatic carbocycles. The van der Waals surface area contributed by atoms with Crippen LogP contribution >= 0.6 is 35.6 Å². The van der Waals surface area contributed by atoms with Crippen LogP contribution in [0, 0.1) is 0 Å². The molecule has 4 N–H and O–H groups in total. The number of nitrogens with two attached hydrogens (primary N) is 1. The van der Waals surface area contributed by atoms with Crippen molar-refractivity contribution in [2.24, 2.45) is 0 Å². The molecule has 0 fully saturated rings. The molecule has 1 rings (SSSR count). The molecule has 4 nitrogen and oxygen atoms in total. The van der Waals surface area contributed by atoms with E-state index < -0.39 is 5.97 Å². The van der Waals surface area contributed by atoms with E-state index in [0.717, 1.165) is 0 Å². The minimum atomic E-state index is -0.772. The van der Waals surface area contributed by atoms with Crippen molar-refractivity contribution in [3.8, 4) is 0 Å². The van der Waals surface area contributed by atoms with E-state index in [0.29, 0.717) is 28.8 Å². The van der Waals surface area contributed by atoms with Crippen LogP contribution in [0.1, 0.15) is 6.42 Å². The van der Waals surface area contributed by atoms with Gasteiger partial charge in [-0.15, -0.1) is 19.0 Å². The van der Waals surface area contributed by atoms with Crippen LogP contribution in [-0.4, -0.2) is 24.2 Å². The zero-order valence-corrected chi connectivity index (χ0v) is 12.6. The third-order valence-electron chi connectivity index (χ3n) is 1.75. The summed E-state index contributed by atoms with van der Waals surface area (Å²) in [6.07, 6.45) is 1.87. The van der Waals surface area contributed by atoms with E-state index in [4.69, 9.17) is 34.0 Å². The zero-order chi connectivity index (χ0) is 14.0. The van der Waals surface area contributed by atoms with E-state index in [2.05, 4.69) is 11.9 Å². The van der Waals surface area contributed by atoms with Gasteiger partial charge in [-0.25, -0.2) is 0 Å². The molecule has 1 aromatic rings. The summed E-state index contributed by atoms with van der Waals surface area (Å²) in [5.74, 6) is -0.772. The molecular weight excluding hydrogens is 311 g/mol. The summed E-state index contributed by atoms with van der Waals surface area (Å²) >= 11 is 11.2. The fourth-order valence-electron chi connectivity index (χ4n) is 0.912.